The minimum Gasteiger partial charge on any atom is -0.456 e. The van der Waals surface area contributed by atoms with Gasteiger partial charge in [0.1, 0.15) is 11.2 Å². The SMILES string of the molecule is c1ccc(N(c2ccccc2)c2ccc3oc4ccc(-c5ccc6c(c5)C5(c7ccccc7-6)c6ccccc6N(c6ccccc6)c6ccccc65)cc4c3c2)cc1. The summed E-state index contributed by atoms with van der Waals surface area (Å²) < 4.78 is 6.50. The molecule has 0 fully saturated rings. The second kappa shape index (κ2) is 12.7. The van der Waals surface area contributed by atoms with Crippen molar-refractivity contribution >= 4 is 56.1 Å². The first-order valence-electron chi connectivity index (χ1n) is 19.9. The molecular weight excluding hydrogens is 705 g/mol. The normalized spacial score (nSPS) is 13.3. The average molecular weight is 741 g/mol. The summed E-state index contributed by atoms with van der Waals surface area (Å²) in [6.07, 6.45) is 0. The smallest absolute Gasteiger partial charge is 0.135 e. The molecule has 0 amide bonds. The van der Waals surface area contributed by atoms with Gasteiger partial charge in [0, 0.05) is 33.5 Å². The quantitative estimate of drug-likeness (QED) is 0.175. The standard InChI is InChI=1S/C55H36N2O/c1-4-16-39(17-5-1)56(40-18-6-2-7-19-40)42-30-33-54-46(36-42)45-34-37(29-32-53(45)58-54)38-28-31-44-43-22-10-11-23-47(43)55(50(44)35-38)48-24-12-14-26-51(48)57(41-20-8-3-9-21-41)52-27-15-13-25-49(52)55/h1-36H. The minimum atomic E-state index is -0.514. The molecule has 1 aliphatic carbocycles. The van der Waals surface area contributed by atoms with Gasteiger partial charge in [0.2, 0.25) is 0 Å². The summed E-state index contributed by atoms with van der Waals surface area (Å²) in [6, 6.07) is 79.2. The Morgan fingerprint density at radius 2 is 0.862 bits per heavy atom. The zero-order valence-corrected chi connectivity index (χ0v) is 31.6. The van der Waals surface area contributed by atoms with Crippen molar-refractivity contribution in [2.45, 2.75) is 5.41 Å². The van der Waals surface area contributed by atoms with Crippen LogP contribution in [0.5, 0.6) is 0 Å². The Bertz CT molecular complexity index is 3100. The van der Waals surface area contributed by atoms with E-state index in [2.05, 4.69) is 228 Å². The van der Waals surface area contributed by atoms with Gasteiger partial charge in [-0.05, 0) is 129 Å². The highest BCUT2D eigenvalue weighted by Crippen LogP contribution is 2.63. The number of rotatable bonds is 5. The van der Waals surface area contributed by atoms with Crippen LogP contribution in [0.3, 0.4) is 0 Å². The van der Waals surface area contributed by atoms with E-state index in [1.807, 2.05) is 0 Å². The fraction of sp³-hybridized carbons (Fsp3) is 0.0182. The Labute approximate surface area is 337 Å². The number of benzene rings is 9. The molecule has 1 aliphatic heterocycles. The molecule has 0 saturated carbocycles. The van der Waals surface area contributed by atoms with Crippen LogP contribution in [0.1, 0.15) is 22.3 Å². The second-order valence-corrected chi connectivity index (χ2v) is 15.3. The second-order valence-electron chi connectivity index (χ2n) is 15.3. The van der Waals surface area contributed by atoms with E-state index in [0.717, 1.165) is 50.3 Å². The molecule has 2 heterocycles. The van der Waals surface area contributed by atoms with Crippen molar-refractivity contribution in [2.75, 3.05) is 9.80 Å². The predicted molar refractivity (Wildman–Crippen MR) is 239 cm³/mol. The molecule has 0 bridgehead atoms. The number of hydrogen-bond acceptors (Lipinski definition) is 3. The number of furan rings is 1. The van der Waals surface area contributed by atoms with Crippen molar-refractivity contribution in [3.05, 3.63) is 241 Å². The first-order chi connectivity index (χ1) is 28.8. The molecule has 58 heavy (non-hydrogen) atoms. The Hall–Kier alpha value is -7.62. The third kappa shape index (κ3) is 4.68. The van der Waals surface area contributed by atoms with Gasteiger partial charge in [-0.3, -0.25) is 0 Å². The van der Waals surface area contributed by atoms with Crippen LogP contribution >= 0.6 is 0 Å². The van der Waals surface area contributed by atoms with Gasteiger partial charge in [-0.15, -0.1) is 0 Å². The summed E-state index contributed by atoms with van der Waals surface area (Å²) in [6.45, 7) is 0. The zero-order valence-electron chi connectivity index (χ0n) is 31.6. The first kappa shape index (κ1) is 32.6. The van der Waals surface area contributed by atoms with Crippen LogP contribution < -0.4 is 9.80 Å². The number of nitrogens with zero attached hydrogens (tertiary/aromatic N) is 2. The third-order valence-corrected chi connectivity index (χ3v) is 12.2. The van der Waals surface area contributed by atoms with E-state index in [1.54, 1.807) is 0 Å². The summed E-state index contributed by atoms with van der Waals surface area (Å²) in [7, 11) is 0. The van der Waals surface area contributed by atoms with Crippen molar-refractivity contribution in [3.63, 3.8) is 0 Å². The first-order valence-corrected chi connectivity index (χ1v) is 19.9. The predicted octanol–water partition coefficient (Wildman–Crippen LogP) is 14.9. The molecule has 3 heteroatoms. The lowest BCUT2D eigenvalue weighted by molar-refractivity contribution is 0.669. The van der Waals surface area contributed by atoms with Gasteiger partial charge in [0.05, 0.1) is 16.8 Å². The molecule has 0 atom stereocenters. The molecule has 12 rings (SSSR count). The summed E-state index contributed by atoms with van der Waals surface area (Å²) in [5.41, 5.74) is 18.1. The molecule has 9 aromatic carbocycles. The maximum Gasteiger partial charge on any atom is 0.135 e. The summed E-state index contributed by atoms with van der Waals surface area (Å²) >= 11 is 0. The van der Waals surface area contributed by atoms with Crippen LogP contribution in [-0.2, 0) is 5.41 Å². The maximum atomic E-state index is 6.50. The largest absolute Gasteiger partial charge is 0.456 e. The van der Waals surface area contributed by atoms with E-state index in [0.29, 0.717) is 0 Å². The number of hydrogen-bond donors (Lipinski definition) is 0. The topological polar surface area (TPSA) is 19.6 Å². The fourth-order valence-electron chi connectivity index (χ4n) is 9.83. The summed E-state index contributed by atoms with van der Waals surface area (Å²) in [5, 5.41) is 2.19. The van der Waals surface area contributed by atoms with E-state index < -0.39 is 5.41 Å². The van der Waals surface area contributed by atoms with Crippen molar-refractivity contribution in [1.29, 1.82) is 0 Å². The van der Waals surface area contributed by atoms with Crippen LogP contribution in [0.15, 0.2) is 223 Å². The average Bonchev–Trinajstić information content (AvgIpc) is 3.80. The van der Waals surface area contributed by atoms with Crippen LogP contribution in [0.25, 0.3) is 44.2 Å². The Balaban J connectivity index is 1.05. The van der Waals surface area contributed by atoms with Gasteiger partial charge >= 0.3 is 0 Å². The highest BCUT2D eigenvalue weighted by Gasteiger charge is 2.51. The van der Waals surface area contributed by atoms with Gasteiger partial charge in [-0.25, -0.2) is 0 Å². The van der Waals surface area contributed by atoms with Crippen LogP contribution in [-0.4, -0.2) is 0 Å². The lowest BCUT2D eigenvalue weighted by atomic mass is 9.64. The Kier molecular flexibility index (Phi) is 7.14. The number of para-hydroxylation sites is 5. The molecule has 0 radical (unpaired) electrons. The van der Waals surface area contributed by atoms with Gasteiger partial charge in [-0.2, -0.15) is 0 Å². The minimum absolute atomic E-state index is 0.514. The number of fused-ring (bicyclic) bond motifs is 12. The molecule has 0 unspecified atom stereocenters. The Morgan fingerprint density at radius 3 is 1.53 bits per heavy atom. The van der Waals surface area contributed by atoms with E-state index in [4.69, 9.17) is 4.42 Å². The molecule has 1 spiro atoms. The molecular formula is C55H36N2O. The van der Waals surface area contributed by atoms with Gasteiger partial charge in [0.25, 0.3) is 0 Å². The fourth-order valence-corrected chi connectivity index (χ4v) is 9.83. The maximum absolute atomic E-state index is 6.50. The van der Waals surface area contributed by atoms with Crippen molar-refractivity contribution in [2.24, 2.45) is 0 Å². The number of anilines is 6. The lowest BCUT2D eigenvalue weighted by Gasteiger charge is -2.45. The molecule has 0 saturated heterocycles. The van der Waals surface area contributed by atoms with E-state index in [1.165, 1.54) is 50.3 Å². The zero-order chi connectivity index (χ0) is 38.2. The Morgan fingerprint density at radius 1 is 0.362 bits per heavy atom. The molecule has 272 valence electrons. The van der Waals surface area contributed by atoms with E-state index in [-0.39, 0.29) is 0 Å². The van der Waals surface area contributed by atoms with Crippen LogP contribution in [0.4, 0.5) is 34.1 Å². The summed E-state index contributed by atoms with van der Waals surface area (Å²) in [4.78, 5) is 4.74. The molecule has 1 aromatic heterocycles. The van der Waals surface area contributed by atoms with Gasteiger partial charge < -0.3 is 14.2 Å². The highest BCUT2D eigenvalue weighted by atomic mass is 16.3. The van der Waals surface area contributed by atoms with Gasteiger partial charge in [-0.1, -0.05) is 133 Å². The van der Waals surface area contributed by atoms with Crippen molar-refractivity contribution in [3.8, 4) is 22.3 Å². The van der Waals surface area contributed by atoms with Crippen molar-refractivity contribution < 1.29 is 4.42 Å². The summed E-state index contributed by atoms with van der Waals surface area (Å²) in [5.74, 6) is 0. The molecule has 10 aromatic rings. The molecule has 0 N–H and O–H groups in total. The van der Waals surface area contributed by atoms with Gasteiger partial charge in [0.15, 0.2) is 0 Å². The molecule has 2 aliphatic rings. The highest BCUT2D eigenvalue weighted by molar-refractivity contribution is 6.08. The monoisotopic (exact) mass is 740 g/mol. The molecule has 3 nitrogen and oxygen atoms in total. The van der Waals surface area contributed by atoms with Crippen molar-refractivity contribution in [1.82, 2.24) is 0 Å². The third-order valence-electron chi connectivity index (χ3n) is 12.2. The van der Waals surface area contributed by atoms with Crippen LogP contribution in [0.2, 0.25) is 0 Å². The lowest BCUT2D eigenvalue weighted by Crippen LogP contribution is -2.36. The van der Waals surface area contributed by atoms with E-state index >= 15 is 0 Å². The van der Waals surface area contributed by atoms with E-state index in [9.17, 15) is 0 Å². The van der Waals surface area contributed by atoms with Crippen LogP contribution in [0, 0.1) is 0 Å².